The van der Waals surface area contributed by atoms with E-state index in [1.54, 1.807) is 4.68 Å². The molecule has 1 atom stereocenters. The predicted molar refractivity (Wildman–Crippen MR) is 105 cm³/mol. The second kappa shape index (κ2) is 7.92. The molecule has 7 nitrogen and oxygen atoms in total. The van der Waals surface area contributed by atoms with Gasteiger partial charge in [-0.25, -0.2) is 0 Å². The number of carbonyl (C=O) groups excluding carboxylic acids is 2. The Morgan fingerprint density at radius 1 is 1.07 bits per heavy atom. The van der Waals surface area contributed by atoms with Crippen molar-refractivity contribution in [3.63, 3.8) is 0 Å². The summed E-state index contributed by atoms with van der Waals surface area (Å²) in [6.07, 6.45) is 0. The lowest BCUT2D eigenvalue weighted by molar-refractivity contribution is -0.121. The minimum absolute atomic E-state index is 0.0444. The topological polar surface area (TPSA) is 70.5 Å². The van der Waals surface area contributed by atoms with Crippen molar-refractivity contribution in [1.82, 2.24) is 19.6 Å². The van der Waals surface area contributed by atoms with Crippen molar-refractivity contribution >= 4 is 17.5 Å². The number of nitrogens with zero attached hydrogens (tertiary/aromatic N) is 4. The van der Waals surface area contributed by atoms with Crippen LogP contribution in [0.4, 0.5) is 5.69 Å². The molecule has 1 aromatic carbocycles. The molecular formula is C20H27N5O2. The van der Waals surface area contributed by atoms with Crippen molar-refractivity contribution in [3.05, 3.63) is 47.3 Å². The van der Waals surface area contributed by atoms with E-state index < -0.39 is 0 Å². The van der Waals surface area contributed by atoms with Crippen molar-refractivity contribution in [2.45, 2.75) is 26.8 Å². The summed E-state index contributed by atoms with van der Waals surface area (Å²) in [4.78, 5) is 29.2. The molecule has 1 aliphatic rings. The second-order valence-corrected chi connectivity index (χ2v) is 7.03. The summed E-state index contributed by atoms with van der Waals surface area (Å²) in [5.74, 6) is 0.00556. The van der Waals surface area contributed by atoms with Crippen LogP contribution in [0.25, 0.3) is 0 Å². The van der Waals surface area contributed by atoms with Crippen molar-refractivity contribution < 1.29 is 9.59 Å². The summed E-state index contributed by atoms with van der Waals surface area (Å²) in [5.41, 5.74) is 3.24. The summed E-state index contributed by atoms with van der Waals surface area (Å²) in [7, 11) is 1.87. The molecular weight excluding hydrogens is 342 g/mol. The lowest BCUT2D eigenvalue weighted by Crippen LogP contribution is -2.54. The number of piperazine rings is 1. The lowest BCUT2D eigenvalue weighted by atomic mass is 10.1. The minimum Gasteiger partial charge on any atom is -0.336 e. The molecule has 3 rings (SSSR count). The molecule has 1 aromatic heterocycles. The molecule has 0 bridgehead atoms. The van der Waals surface area contributed by atoms with E-state index >= 15 is 0 Å². The summed E-state index contributed by atoms with van der Waals surface area (Å²) >= 11 is 0. The highest BCUT2D eigenvalue weighted by Gasteiger charge is 2.28. The Morgan fingerprint density at radius 2 is 1.70 bits per heavy atom. The quantitative estimate of drug-likeness (QED) is 0.893. The van der Waals surface area contributed by atoms with Crippen LogP contribution in [0.1, 0.15) is 28.7 Å². The van der Waals surface area contributed by atoms with E-state index in [1.807, 2.05) is 63.1 Å². The minimum atomic E-state index is -0.266. The van der Waals surface area contributed by atoms with Crippen molar-refractivity contribution in [1.29, 1.82) is 0 Å². The van der Waals surface area contributed by atoms with Crippen molar-refractivity contribution in [3.8, 4) is 0 Å². The third kappa shape index (κ3) is 4.03. The first-order chi connectivity index (χ1) is 12.9. The molecule has 0 saturated carbocycles. The van der Waals surface area contributed by atoms with Crippen molar-refractivity contribution in [2.24, 2.45) is 7.05 Å². The van der Waals surface area contributed by atoms with Crippen LogP contribution in [0, 0.1) is 13.8 Å². The van der Waals surface area contributed by atoms with Gasteiger partial charge in [0.15, 0.2) is 0 Å². The van der Waals surface area contributed by atoms with E-state index in [0.717, 1.165) is 17.1 Å². The summed E-state index contributed by atoms with van der Waals surface area (Å²) in [6, 6.07) is 9.06. The summed E-state index contributed by atoms with van der Waals surface area (Å²) in [6.45, 7) is 8.34. The molecule has 7 heteroatoms. The Kier molecular flexibility index (Phi) is 5.60. The number of anilines is 1. The zero-order valence-electron chi connectivity index (χ0n) is 16.4. The fourth-order valence-corrected chi connectivity index (χ4v) is 3.42. The van der Waals surface area contributed by atoms with Crippen LogP contribution in [0.15, 0.2) is 30.3 Å². The second-order valence-electron chi connectivity index (χ2n) is 7.03. The van der Waals surface area contributed by atoms with E-state index in [9.17, 15) is 9.59 Å². The van der Waals surface area contributed by atoms with E-state index in [0.29, 0.717) is 31.7 Å². The van der Waals surface area contributed by atoms with Crippen LogP contribution >= 0.6 is 0 Å². The average Bonchev–Trinajstić information content (AvgIpc) is 2.93. The number of benzene rings is 1. The number of carbonyl (C=O) groups is 2. The Bertz CT molecular complexity index is 822. The Hall–Kier alpha value is -2.67. The van der Waals surface area contributed by atoms with Gasteiger partial charge in [-0.2, -0.15) is 5.10 Å². The van der Waals surface area contributed by atoms with Gasteiger partial charge in [-0.15, -0.1) is 0 Å². The van der Waals surface area contributed by atoms with Crippen LogP contribution < -0.4 is 5.32 Å². The predicted octanol–water partition coefficient (Wildman–Crippen LogP) is 1.82. The van der Waals surface area contributed by atoms with Crippen LogP contribution in [0.2, 0.25) is 0 Å². The lowest BCUT2D eigenvalue weighted by Gasteiger charge is -2.37. The Labute approximate surface area is 159 Å². The molecule has 27 heavy (non-hydrogen) atoms. The van der Waals surface area contributed by atoms with Crippen LogP contribution in [-0.2, 0) is 11.8 Å². The number of hydrogen-bond acceptors (Lipinski definition) is 4. The number of nitrogens with one attached hydrogen (secondary N) is 1. The maximum Gasteiger partial charge on any atom is 0.253 e. The molecule has 2 amide bonds. The standard InChI is InChI=1S/C20H27N5O2/c1-14-18(15(2)23(4)22-14)21-19(26)16(3)24-10-12-25(13-11-24)20(27)17-8-6-5-7-9-17/h5-9,16H,10-13H2,1-4H3,(H,21,26)/t16-/m0/s1. The molecule has 0 radical (unpaired) electrons. The van der Waals surface area contributed by atoms with Gasteiger partial charge in [0, 0.05) is 38.8 Å². The van der Waals surface area contributed by atoms with Gasteiger partial charge in [-0.3, -0.25) is 19.2 Å². The number of aryl methyl sites for hydroxylation is 2. The molecule has 2 heterocycles. The van der Waals surface area contributed by atoms with Gasteiger partial charge in [0.25, 0.3) is 5.91 Å². The third-order valence-electron chi connectivity index (χ3n) is 5.31. The zero-order chi connectivity index (χ0) is 19.6. The maximum atomic E-state index is 12.7. The van der Waals surface area contributed by atoms with Gasteiger partial charge in [-0.1, -0.05) is 18.2 Å². The normalized spacial score (nSPS) is 16.2. The Morgan fingerprint density at radius 3 is 2.26 bits per heavy atom. The molecule has 1 fully saturated rings. The third-order valence-corrected chi connectivity index (χ3v) is 5.31. The smallest absolute Gasteiger partial charge is 0.253 e. The van der Waals surface area contributed by atoms with Gasteiger partial charge in [-0.05, 0) is 32.9 Å². The largest absolute Gasteiger partial charge is 0.336 e. The van der Waals surface area contributed by atoms with Crippen LogP contribution in [0.3, 0.4) is 0 Å². The SMILES string of the molecule is Cc1nn(C)c(C)c1NC(=O)[C@H](C)N1CCN(C(=O)c2ccccc2)CC1. The molecule has 1 saturated heterocycles. The molecule has 2 aromatic rings. The fraction of sp³-hybridized carbons (Fsp3) is 0.450. The van der Waals surface area contributed by atoms with Gasteiger partial charge in [0.1, 0.15) is 0 Å². The number of rotatable bonds is 4. The zero-order valence-corrected chi connectivity index (χ0v) is 16.4. The fourth-order valence-electron chi connectivity index (χ4n) is 3.42. The molecule has 144 valence electrons. The monoisotopic (exact) mass is 369 g/mol. The highest BCUT2D eigenvalue weighted by Crippen LogP contribution is 2.19. The van der Waals surface area contributed by atoms with Crippen LogP contribution in [-0.4, -0.2) is 63.6 Å². The van der Waals surface area contributed by atoms with Gasteiger partial charge >= 0.3 is 0 Å². The van der Waals surface area contributed by atoms with Gasteiger partial charge in [0.2, 0.25) is 5.91 Å². The molecule has 0 unspecified atom stereocenters. The first kappa shape index (κ1) is 19.1. The highest BCUT2D eigenvalue weighted by molar-refractivity contribution is 5.96. The first-order valence-electron chi connectivity index (χ1n) is 9.28. The number of hydrogen-bond donors (Lipinski definition) is 1. The van der Waals surface area contributed by atoms with Gasteiger partial charge in [0.05, 0.1) is 23.1 Å². The molecule has 0 spiro atoms. The van der Waals surface area contributed by atoms with Crippen LogP contribution in [0.5, 0.6) is 0 Å². The van der Waals surface area contributed by atoms with E-state index in [-0.39, 0.29) is 17.9 Å². The van der Waals surface area contributed by atoms with E-state index in [4.69, 9.17) is 0 Å². The number of aromatic nitrogens is 2. The maximum absolute atomic E-state index is 12.7. The Balaban J connectivity index is 1.57. The average molecular weight is 369 g/mol. The van der Waals surface area contributed by atoms with E-state index in [1.165, 1.54) is 0 Å². The number of amides is 2. The summed E-state index contributed by atoms with van der Waals surface area (Å²) < 4.78 is 1.77. The highest BCUT2D eigenvalue weighted by atomic mass is 16.2. The molecule has 1 aliphatic heterocycles. The molecule has 0 aliphatic carbocycles. The molecule has 1 N–H and O–H groups in total. The van der Waals surface area contributed by atoms with Gasteiger partial charge < -0.3 is 10.2 Å². The van der Waals surface area contributed by atoms with Crippen molar-refractivity contribution in [2.75, 3.05) is 31.5 Å². The first-order valence-corrected chi connectivity index (χ1v) is 9.28. The summed E-state index contributed by atoms with van der Waals surface area (Å²) in [5, 5.41) is 7.35. The van der Waals surface area contributed by atoms with E-state index in [2.05, 4.69) is 15.3 Å².